The summed E-state index contributed by atoms with van der Waals surface area (Å²) in [4.78, 5) is 14.6. The molecule has 0 bridgehead atoms. The van der Waals surface area contributed by atoms with E-state index >= 15 is 0 Å². The Labute approximate surface area is 153 Å². The Morgan fingerprint density at radius 3 is 2.54 bits per heavy atom. The second-order valence-corrected chi connectivity index (χ2v) is 9.11. The summed E-state index contributed by atoms with van der Waals surface area (Å²) >= 11 is 0. The van der Waals surface area contributed by atoms with E-state index < -0.39 is 9.84 Å². The van der Waals surface area contributed by atoms with Gasteiger partial charge in [0.15, 0.2) is 9.84 Å². The number of rotatable bonds is 4. The van der Waals surface area contributed by atoms with Crippen molar-refractivity contribution in [3.05, 3.63) is 59.2 Å². The van der Waals surface area contributed by atoms with E-state index in [-0.39, 0.29) is 24.1 Å². The van der Waals surface area contributed by atoms with E-state index in [0.29, 0.717) is 25.2 Å². The zero-order valence-corrected chi connectivity index (χ0v) is 15.3. The van der Waals surface area contributed by atoms with Gasteiger partial charge in [0, 0.05) is 19.6 Å². The summed E-state index contributed by atoms with van der Waals surface area (Å²) in [6, 6.07) is 13.9. The highest BCUT2D eigenvalue weighted by Crippen LogP contribution is 2.38. The SMILES string of the molecule is O=C(OCCN1CCS(=O)(=O)CC1)c1cccc2c1-c1ccccc1C2. The lowest BCUT2D eigenvalue weighted by Gasteiger charge is -2.26. The van der Waals surface area contributed by atoms with Gasteiger partial charge in [0.2, 0.25) is 0 Å². The fourth-order valence-electron chi connectivity index (χ4n) is 3.68. The second-order valence-electron chi connectivity index (χ2n) is 6.80. The maximum Gasteiger partial charge on any atom is 0.338 e. The number of benzene rings is 2. The van der Waals surface area contributed by atoms with Gasteiger partial charge in [-0.15, -0.1) is 0 Å². The van der Waals surface area contributed by atoms with Gasteiger partial charge in [-0.3, -0.25) is 4.90 Å². The van der Waals surface area contributed by atoms with Crippen LogP contribution in [0.3, 0.4) is 0 Å². The average molecular weight is 371 g/mol. The summed E-state index contributed by atoms with van der Waals surface area (Å²) in [5.41, 5.74) is 5.08. The monoisotopic (exact) mass is 371 g/mol. The van der Waals surface area contributed by atoms with Crippen LogP contribution < -0.4 is 0 Å². The second kappa shape index (κ2) is 6.85. The van der Waals surface area contributed by atoms with E-state index in [1.54, 1.807) is 0 Å². The number of hydrogen-bond donors (Lipinski definition) is 0. The molecule has 5 nitrogen and oxygen atoms in total. The molecule has 0 aromatic heterocycles. The van der Waals surface area contributed by atoms with Crippen molar-refractivity contribution in [3.8, 4) is 11.1 Å². The van der Waals surface area contributed by atoms with Gasteiger partial charge in [0.05, 0.1) is 17.1 Å². The Kier molecular flexibility index (Phi) is 4.54. The number of sulfone groups is 1. The summed E-state index contributed by atoms with van der Waals surface area (Å²) in [6.45, 7) is 1.85. The normalized spacial score (nSPS) is 18.2. The highest BCUT2D eigenvalue weighted by Gasteiger charge is 2.25. The van der Waals surface area contributed by atoms with Gasteiger partial charge in [-0.25, -0.2) is 13.2 Å². The van der Waals surface area contributed by atoms with Crippen molar-refractivity contribution in [3.63, 3.8) is 0 Å². The van der Waals surface area contributed by atoms with Gasteiger partial charge in [-0.2, -0.15) is 0 Å². The molecule has 0 spiro atoms. The number of ether oxygens (including phenoxy) is 1. The molecule has 0 amide bonds. The Hall–Kier alpha value is -2.18. The van der Waals surface area contributed by atoms with E-state index in [0.717, 1.165) is 23.1 Å². The molecule has 2 aliphatic rings. The first kappa shape index (κ1) is 17.2. The molecule has 0 radical (unpaired) electrons. The lowest BCUT2D eigenvalue weighted by atomic mass is 10.00. The molecule has 4 rings (SSSR count). The van der Waals surface area contributed by atoms with Crippen LogP contribution in [-0.2, 0) is 21.0 Å². The number of carbonyl (C=O) groups is 1. The molecule has 136 valence electrons. The van der Waals surface area contributed by atoms with Crippen LogP contribution >= 0.6 is 0 Å². The Bertz CT molecular complexity index is 938. The minimum Gasteiger partial charge on any atom is -0.461 e. The van der Waals surface area contributed by atoms with Crippen LogP contribution in [0.1, 0.15) is 21.5 Å². The van der Waals surface area contributed by atoms with E-state index in [1.807, 2.05) is 35.2 Å². The first-order chi connectivity index (χ1) is 12.5. The summed E-state index contributed by atoms with van der Waals surface area (Å²) in [6.07, 6.45) is 0.842. The molecule has 6 heteroatoms. The van der Waals surface area contributed by atoms with Crippen LogP contribution in [0.4, 0.5) is 0 Å². The molecule has 1 saturated heterocycles. The average Bonchev–Trinajstić information content (AvgIpc) is 3.01. The fraction of sp³-hybridized carbons (Fsp3) is 0.350. The first-order valence-electron chi connectivity index (χ1n) is 8.83. The molecular formula is C20H21NO4S. The molecule has 0 unspecified atom stereocenters. The van der Waals surface area contributed by atoms with Gasteiger partial charge in [-0.05, 0) is 34.7 Å². The lowest BCUT2D eigenvalue weighted by Crippen LogP contribution is -2.41. The van der Waals surface area contributed by atoms with Crippen molar-refractivity contribution >= 4 is 15.8 Å². The smallest absolute Gasteiger partial charge is 0.338 e. The van der Waals surface area contributed by atoms with Gasteiger partial charge >= 0.3 is 5.97 Å². The van der Waals surface area contributed by atoms with E-state index in [9.17, 15) is 13.2 Å². The zero-order chi connectivity index (χ0) is 18.1. The maximum absolute atomic E-state index is 12.6. The Morgan fingerprint density at radius 1 is 1.00 bits per heavy atom. The largest absolute Gasteiger partial charge is 0.461 e. The summed E-state index contributed by atoms with van der Waals surface area (Å²) < 4.78 is 28.4. The van der Waals surface area contributed by atoms with Crippen LogP contribution in [-0.4, -0.2) is 57.0 Å². The predicted molar refractivity (Wildman–Crippen MR) is 100 cm³/mol. The lowest BCUT2D eigenvalue weighted by molar-refractivity contribution is 0.0466. The van der Waals surface area contributed by atoms with Crippen LogP contribution in [0.15, 0.2) is 42.5 Å². The van der Waals surface area contributed by atoms with Crippen molar-refractivity contribution in [2.75, 3.05) is 37.7 Å². The number of hydrogen-bond acceptors (Lipinski definition) is 5. The molecule has 1 aliphatic carbocycles. The van der Waals surface area contributed by atoms with E-state index in [4.69, 9.17) is 4.74 Å². The molecule has 0 saturated carbocycles. The van der Waals surface area contributed by atoms with Crippen molar-refractivity contribution < 1.29 is 17.9 Å². The standard InChI is InChI=1S/C20H21NO4S/c22-20(25-11-8-21-9-12-26(23,24)13-10-21)18-7-3-5-16-14-15-4-1-2-6-17(15)19(16)18/h1-7H,8-14H2. The molecule has 1 aliphatic heterocycles. The molecule has 1 heterocycles. The highest BCUT2D eigenvalue weighted by atomic mass is 32.2. The minimum absolute atomic E-state index is 0.184. The van der Waals surface area contributed by atoms with Crippen molar-refractivity contribution in [1.82, 2.24) is 4.90 Å². The molecule has 26 heavy (non-hydrogen) atoms. The fourth-order valence-corrected chi connectivity index (χ4v) is 4.96. The van der Waals surface area contributed by atoms with Crippen molar-refractivity contribution in [1.29, 1.82) is 0 Å². The first-order valence-corrected chi connectivity index (χ1v) is 10.7. The number of esters is 1. The third kappa shape index (κ3) is 3.39. The van der Waals surface area contributed by atoms with Crippen LogP contribution in [0.25, 0.3) is 11.1 Å². The van der Waals surface area contributed by atoms with Crippen molar-refractivity contribution in [2.45, 2.75) is 6.42 Å². The molecule has 2 aromatic rings. The highest BCUT2D eigenvalue weighted by molar-refractivity contribution is 7.91. The number of fused-ring (bicyclic) bond motifs is 3. The molecule has 1 fully saturated rings. The third-order valence-electron chi connectivity index (χ3n) is 5.12. The molecule has 2 aromatic carbocycles. The molecular weight excluding hydrogens is 350 g/mol. The zero-order valence-electron chi connectivity index (χ0n) is 14.5. The van der Waals surface area contributed by atoms with E-state index in [2.05, 4.69) is 12.1 Å². The van der Waals surface area contributed by atoms with Crippen molar-refractivity contribution in [2.24, 2.45) is 0 Å². The van der Waals surface area contributed by atoms with Gasteiger partial charge in [0.25, 0.3) is 0 Å². The quantitative estimate of drug-likeness (QED) is 0.658. The molecule has 0 N–H and O–H groups in total. The predicted octanol–water partition coefficient (Wildman–Crippen LogP) is 2.15. The maximum atomic E-state index is 12.6. The summed E-state index contributed by atoms with van der Waals surface area (Å²) in [7, 11) is -2.88. The Balaban J connectivity index is 1.42. The topological polar surface area (TPSA) is 63.7 Å². The summed E-state index contributed by atoms with van der Waals surface area (Å²) in [5, 5.41) is 0. The van der Waals surface area contributed by atoms with Gasteiger partial charge < -0.3 is 4.74 Å². The minimum atomic E-state index is -2.88. The third-order valence-corrected chi connectivity index (χ3v) is 6.73. The van der Waals surface area contributed by atoms with Gasteiger partial charge in [0.1, 0.15) is 6.61 Å². The number of carbonyl (C=O) groups excluding carboxylic acids is 1. The van der Waals surface area contributed by atoms with Crippen LogP contribution in [0.2, 0.25) is 0 Å². The van der Waals surface area contributed by atoms with E-state index in [1.165, 1.54) is 5.56 Å². The van der Waals surface area contributed by atoms with Crippen LogP contribution in [0, 0.1) is 0 Å². The Morgan fingerprint density at radius 2 is 1.73 bits per heavy atom. The van der Waals surface area contributed by atoms with Gasteiger partial charge in [-0.1, -0.05) is 36.4 Å². The van der Waals surface area contributed by atoms with Crippen LogP contribution in [0.5, 0.6) is 0 Å². The molecule has 0 atom stereocenters. The number of nitrogens with zero attached hydrogens (tertiary/aromatic N) is 1. The summed E-state index contributed by atoms with van der Waals surface area (Å²) in [5.74, 6) is 0.0524.